The zero-order chi connectivity index (χ0) is 18.5. The van der Waals surface area contributed by atoms with Gasteiger partial charge in [-0.05, 0) is 24.3 Å². The van der Waals surface area contributed by atoms with E-state index in [0.29, 0.717) is 22.8 Å². The smallest absolute Gasteiger partial charge is 0.346 e. The second kappa shape index (κ2) is 7.64. The molecule has 0 aliphatic heterocycles. The lowest BCUT2D eigenvalue weighted by Gasteiger charge is -2.08. The second-order valence-electron chi connectivity index (χ2n) is 5.56. The molecular weight excluding hydrogens is 334 g/mol. The number of benzene rings is 1. The van der Waals surface area contributed by atoms with Gasteiger partial charge in [0.15, 0.2) is 5.82 Å². The number of amides is 1. The number of para-hydroxylation sites is 1. The molecule has 3 aromatic rings. The molecule has 0 aliphatic carbocycles. The van der Waals surface area contributed by atoms with E-state index < -0.39 is 0 Å². The van der Waals surface area contributed by atoms with Crippen molar-refractivity contribution in [3.8, 4) is 17.3 Å². The molecule has 0 saturated carbocycles. The van der Waals surface area contributed by atoms with E-state index in [0.717, 1.165) is 0 Å². The van der Waals surface area contributed by atoms with Crippen molar-refractivity contribution in [1.82, 2.24) is 24.6 Å². The summed E-state index contributed by atoms with van der Waals surface area (Å²) in [5.74, 6) is 0.709. The number of pyridine rings is 1. The Kier molecular flexibility index (Phi) is 5.12. The number of carbonyl (C=O) groups excluding carboxylic acids is 1. The first-order chi connectivity index (χ1) is 12.6. The van der Waals surface area contributed by atoms with Gasteiger partial charge in [0.1, 0.15) is 11.4 Å². The highest BCUT2D eigenvalue weighted by atomic mass is 16.5. The van der Waals surface area contributed by atoms with Crippen LogP contribution in [0.3, 0.4) is 0 Å². The molecule has 1 N–H and O–H groups in total. The van der Waals surface area contributed by atoms with Crippen molar-refractivity contribution in [2.75, 3.05) is 13.7 Å². The Hall–Kier alpha value is -3.42. The third kappa shape index (κ3) is 3.49. The molecule has 26 heavy (non-hydrogen) atoms. The largest absolute Gasteiger partial charge is 0.496 e. The van der Waals surface area contributed by atoms with E-state index in [1.807, 2.05) is 6.07 Å². The van der Waals surface area contributed by atoms with E-state index in [4.69, 9.17) is 4.74 Å². The quantitative estimate of drug-likeness (QED) is 0.716. The highest BCUT2D eigenvalue weighted by Crippen LogP contribution is 2.16. The minimum absolute atomic E-state index is 0.250. The summed E-state index contributed by atoms with van der Waals surface area (Å²) in [6.45, 7) is 0.510. The molecule has 8 nitrogen and oxygen atoms in total. The van der Waals surface area contributed by atoms with Crippen LogP contribution in [0.1, 0.15) is 10.4 Å². The summed E-state index contributed by atoms with van der Waals surface area (Å²) in [5, 5.41) is 7.09. The third-order valence-electron chi connectivity index (χ3n) is 3.90. The highest BCUT2D eigenvalue weighted by Gasteiger charge is 2.14. The number of ether oxygens (including phenoxy) is 1. The maximum atomic E-state index is 12.3. The SMILES string of the molecule is COc1ccccc1C(=O)NCCn1nc(-c2ccccn2)n(C)c1=O. The van der Waals surface area contributed by atoms with Gasteiger partial charge in [0, 0.05) is 19.8 Å². The number of rotatable bonds is 6. The molecule has 3 rings (SSSR count). The number of methoxy groups -OCH3 is 1. The first-order valence-electron chi connectivity index (χ1n) is 8.08. The van der Waals surface area contributed by atoms with Gasteiger partial charge in [-0.3, -0.25) is 14.3 Å². The van der Waals surface area contributed by atoms with Crippen molar-refractivity contribution in [1.29, 1.82) is 0 Å². The van der Waals surface area contributed by atoms with Crippen molar-refractivity contribution >= 4 is 5.91 Å². The summed E-state index contributed by atoms with van der Waals surface area (Å²) < 4.78 is 7.93. The average molecular weight is 353 g/mol. The standard InChI is InChI=1S/C18H19N5O3/c1-22-16(14-8-5-6-10-19-14)21-23(18(22)25)12-11-20-17(24)13-7-3-4-9-15(13)26-2/h3-10H,11-12H2,1-2H3,(H,20,24). The molecule has 1 aromatic carbocycles. The van der Waals surface area contributed by atoms with Crippen LogP contribution in [0.4, 0.5) is 0 Å². The number of hydrogen-bond acceptors (Lipinski definition) is 5. The zero-order valence-electron chi connectivity index (χ0n) is 14.5. The summed E-state index contributed by atoms with van der Waals surface area (Å²) >= 11 is 0. The minimum Gasteiger partial charge on any atom is -0.496 e. The molecule has 0 atom stereocenters. The average Bonchev–Trinajstić information content (AvgIpc) is 2.97. The molecule has 0 unspecified atom stereocenters. The first kappa shape index (κ1) is 17.4. The molecule has 0 aliphatic rings. The normalized spacial score (nSPS) is 10.5. The predicted octanol–water partition coefficient (Wildman–Crippen LogP) is 1.08. The lowest BCUT2D eigenvalue weighted by Crippen LogP contribution is -2.31. The van der Waals surface area contributed by atoms with Gasteiger partial charge in [-0.2, -0.15) is 0 Å². The van der Waals surface area contributed by atoms with Crippen molar-refractivity contribution in [3.63, 3.8) is 0 Å². The van der Waals surface area contributed by atoms with Gasteiger partial charge >= 0.3 is 5.69 Å². The number of hydrogen-bond donors (Lipinski definition) is 1. The van der Waals surface area contributed by atoms with Crippen LogP contribution in [-0.2, 0) is 13.6 Å². The van der Waals surface area contributed by atoms with E-state index in [9.17, 15) is 9.59 Å². The van der Waals surface area contributed by atoms with E-state index in [-0.39, 0.29) is 24.7 Å². The maximum Gasteiger partial charge on any atom is 0.346 e. The fourth-order valence-electron chi connectivity index (χ4n) is 2.55. The maximum absolute atomic E-state index is 12.3. The molecule has 0 radical (unpaired) electrons. The minimum atomic E-state index is -0.267. The van der Waals surface area contributed by atoms with Crippen LogP contribution in [0.25, 0.3) is 11.5 Å². The Balaban J connectivity index is 1.69. The lowest BCUT2D eigenvalue weighted by atomic mass is 10.2. The molecule has 1 amide bonds. The molecule has 134 valence electrons. The Bertz CT molecular complexity index is 962. The molecule has 0 saturated heterocycles. The van der Waals surface area contributed by atoms with E-state index in [2.05, 4.69) is 15.4 Å². The van der Waals surface area contributed by atoms with Crippen molar-refractivity contribution in [3.05, 3.63) is 64.7 Å². The predicted molar refractivity (Wildman–Crippen MR) is 96.0 cm³/mol. The van der Waals surface area contributed by atoms with Crippen LogP contribution in [0.5, 0.6) is 5.75 Å². The summed E-state index contributed by atoms with van der Waals surface area (Å²) in [4.78, 5) is 28.8. The van der Waals surface area contributed by atoms with Gasteiger partial charge in [-0.25, -0.2) is 9.48 Å². The number of nitrogens with one attached hydrogen (secondary N) is 1. The fraction of sp³-hybridized carbons (Fsp3) is 0.222. The highest BCUT2D eigenvalue weighted by molar-refractivity contribution is 5.96. The van der Waals surface area contributed by atoms with Gasteiger partial charge in [0.25, 0.3) is 5.91 Å². The van der Waals surface area contributed by atoms with Crippen molar-refractivity contribution in [2.45, 2.75) is 6.54 Å². The van der Waals surface area contributed by atoms with E-state index in [1.165, 1.54) is 16.4 Å². The van der Waals surface area contributed by atoms with Crippen LogP contribution in [0, 0.1) is 0 Å². The topological polar surface area (TPSA) is 91.0 Å². The zero-order valence-corrected chi connectivity index (χ0v) is 14.5. The van der Waals surface area contributed by atoms with Crippen molar-refractivity contribution < 1.29 is 9.53 Å². The molecule has 0 fully saturated rings. The fourth-order valence-corrected chi connectivity index (χ4v) is 2.55. The van der Waals surface area contributed by atoms with Gasteiger partial charge in [0.2, 0.25) is 0 Å². The van der Waals surface area contributed by atoms with Gasteiger partial charge in [-0.1, -0.05) is 18.2 Å². The molecule has 0 bridgehead atoms. The number of aromatic nitrogens is 4. The van der Waals surface area contributed by atoms with Gasteiger partial charge in [0.05, 0.1) is 19.2 Å². The summed E-state index contributed by atoms with van der Waals surface area (Å²) in [6.07, 6.45) is 1.65. The molecule has 0 spiro atoms. The Morgan fingerprint density at radius 2 is 1.96 bits per heavy atom. The van der Waals surface area contributed by atoms with E-state index in [1.54, 1.807) is 49.6 Å². The molecule has 2 heterocycles. The lowest BCUT2D eigenvalue weighted by molar-refractivity contribution is 0.0948. The van der Waals surface area contributed by atoms with Crippen LogP contribution in [0.2, 0.25) is 0 Å². The van der Waals surface area contributed by atoms with Crippen molar-refractivity contribution in [2.24, 2.45) is 7.05 Å². The summed E-state index contributed by atoms with van der Waals surface area (Å²) in [6, 6.07) is 12.4. The molecule has 2 aromatic heterocycles. The number of nitrogens with zero attached hydrogens (tertiary/aromatic N) is 4. The first-order valence-corrected chi connectivity index (χ1v) is 8.08. The van der Waals surface area contributed by atoms with Crippen LogP contribution < -0.4 is 15.7 Å². The number of carbonyl (C=O) groups is 1. The molecule has 8 heteroatoms. The monoisotopic (exact) mass is 353 g/mol. The van der Waals surface area contributed by atoms with Crippen LogP contribution in [0.15, 0.2) is 53.5 Å². The third-order valence-corrected chi connectivity index (χ3v) is 3.90. The summed E-state index contributed by atoms with van der Waals surface area (Å²) in [7, 11) is 3.15. The van der Waals surface area contributed by atoms with Crippen LogP contribution in [-0.4, -0.2) is 38.9 Å². The van der Waals surface area contributed by atoms with E-state index >= 15 is 0 Å². The van der Waals surface area contributed by atoms with Gasteiger partial charge in [-0.15, -0.1) is 5.10 Å². The van der Waals surface area contributed by atoms with Gasteiger partial charge < -0.3 is 10.1 Å². The molecular formula is C18H19N5O3. The second-order valence-corrected chi connectivity index (χ2v) is 5.56. The Labute approximate surface area is 150 Å². The Morgan fingerprint density at radius 1 is 1.19 bits per heavy atom. The Morgan fingerprint density at radius 3 is 2.69 bits per heavy atom. The summed E-state index contributed by atoms with van der Waals surface area (Å²) in [5.41, 5.74) is 0.790. The van der Waals surface area contributed by atoms with Crippen LogP contribution >= 0.6 is 0 Å².